The highest BCUT2D eigenvalue weighted by atomic mass is 35.5. The van der Waals surface area contributed by atoms with E-state index < -0.39 is 0 Å². The first-order valence-corrected chi connectivity index (χ1v) is 10.6. The molecule has 0 saturated heterocycles. The lowest BCUT2D eigenvalue weighted by Gasteiger charge is -2.45. The van der Waals surface area contributed by atoms with Gasteiger partial charge in [0.15, 0.2) is 6.61 Å². The van der Waals surface area contributed by atoms with Gasteiger partial charge in [0.1, 0.15) is 5.75 Å². The molecule has 1 fully saturated rings. The maximum atomic E-state index is 12.3. The second-order valence-electron chi connectivity index (χ2n) is 8.37. The van der Waals surface area contributed by atoms with Crippen LogP contribution in [0.25, 0.3) is 0 Å². The second-order valence-corrected chi connectivity index (χ2v) is 8.80. The molecule has 0 heterocycles. The minimum absolute atomic E-state index is 0.0281. The topological polar surface area (TPSA) is 41.6 Å². The van der Waals surface area contributed by atoms with Gasteiger partial charge in [-0.1, -0.05) is 41.4 Å². The van der Waals surface area contributed by atoms with Crippen molar-refractivity contribution < 1.29 is 9.53 Å². The number of amides is 1. The number of benzene rings is 2. The first-order valence-electron chi connectivity index (χ1n) is 10.3. The molecule has 4 nitrogen and oxygen atoms in total. The Hall–Kier alpha value is -2.04. The molecule has 2 aromatic carbocycles. The van der Waals surface area contributed by atoms with Gasteiger partial charge in [0.05, 0.1) is 0 Å². The zero-order valence-corrected chi connectivity index (χ0v) is 18.3. The number of nitrogens with one attached hydrogen (secondary N) is 1. The van der Waals surface area contributed by atoms with E-state index in [4.69, 9.17) is 16.3 Å². The number of carbonyl (C=O) groups excluding carboxylic acids is 1. The van der Waals surface area contributed by atoms with Gasteiger partial charge in [-0.3, -0.25) is 4.79 Å². The summed E-state index contributed by atoms with van der Waals surface area (Å²) in [6.07, 6.45) is 5.14. The molecule has 29 heavy (non-hydrogen) atoms. The summed E-state index contributed by atoms with van der Waals surface area (Å²) >= 11 is 5.87. The van der Waals surface area contributed by atoms with E-state index in [0.29, 0.717) is 10.8 Å². The molecule has 1 aliphatic carbocycles. The molecule has 0 spiro atoms. The van der Waals surface area contributed by atoms with Crippen LogP contribution in [0.15, 0.2) is 48.5 Å². The molecule has 1 saturated carbocycles. The van der Waals surface area contributed by atoms with Crippen LogP contribution in [-0.2, 0) is 11.2 Å². The third-order valence-electron chi connectivity index (χ3n) is 6.07. The Morgan fingerprint density at radius 3 is 2.31 bits per heavy atom. The van der Waals surface area contributed by atoms with E-state index in [0.717, 1.165) is 32.1 Å². The molecule has 0 unspecified atom stereocenters. The Balaban J connectivity index is 1.50. The number of nitrogens with zero attached hydrogens (tertiary/aromatic N) is 1. The van der Waals surface area contributed by atoms with Crippen molar-refractivity contribution in [2.45, 2.75) is 50.6 Å². The normalized spacial score (nSPS) is 21.8. The maximum Gasteiger partial charge on any atom is 0.258 e. The zero-order chi connectivity index (χ0) is 20.9. The minimum Gasteiger partial charge on any atom is -0.484 e. The molecule has 0 atom stereocenters. The first kappa shape index (κ1) is 21.7. The van der Waals surface area contributed by atoms with Crippen molar-refractivity contribution in [1.29, 1.82) is 0 Å². The van der Waals surface area contributed by atoms with Gasteiger partial charge in [0.2, 0.25) is 0 Å². The van der Waals surface area contributed by atoms with Crippen molar-refractivity contribution in [3.63, 3.8) is 0 Å². The van der Waals surface area contributed by atoms with Crippen LogP contribution in [0.1, 0.15) is 36.8 Å². The third kappa shape index (κ3) is 5.97. The maximum absolute atomic E-state index is 12.3. The van der Waals surface area contributed by atoms with Crippen molar-refractivity contribution in [2.24, 2.45) is 0 Å². The van der Waals surface area contributed by atoms with Crippen LogP contribution in [0.4, 0.5) is 0 Å². The molecule has 1 amide bonds. The van der Waals surface area contributed by atoms with Crippen LogP contribution in [0.3, 0.4) is 0 Å². The van der Waals surface area contributed by atoms with Crippen molar-refractivity contribution in [3.05, 3.63) is 64.7 Å². The fourth-order valence-electron chi connectivity index (χ4n) is 4.12. The van der Waals surface area contributed by atoms with Crippen molar-refractivity contribution >= 4 is 17.5 Å². The standard InChI is InChI=1S/C24H31ClN2O2/c1-18-4-6-19(7-5-18)16-24(27(2)3)14-12-21(13-15-24)26-23(28)17-29-22-10-8-20(25)9-11-22/h4-11,21H,12-17H2,1-3H3,(H,26,28). The summed E-state index contributed by atoms with van der Waals surface area (Å²) in [6, 6.07) is 16.1. The SMILES string of the molecule is Cc1ccc(CC2(N(C)C)CCC(NC(=O)COc3ccc(Cl)cc3)CC2)cc1. The van der Waals surface area contributed by atoms with Crippen molar-refractivity contribution in [2.75, 3.05) is 20.7 Å². The van der Waals surface area contributed by atoms with E-state index in [1.165, 1.54) is 11.1 Å². The fraction of sp³-hybridized carbons (Fsp3) is 0.458. The van der Waals surface area contributed by atoms with Gasteiger partial charge in [-0.05, 0) is 83.0 Å². The minimum atomic E-state index is -0.0687. The molecule has 0 bridgehead atoms. The largest absolute Gasteiger partial charge is 0.484 e. The fourth-order valence-corrected chi connectivity index (χ4v) is 4.24. The van der Waals surface area contributed by atoms with Gasteiger partial charge < -0.3 is 15.0 Å². The van der Waals surface area contributed by atoms with Gasteiger partial charge >= 0.3 is 0 Å². The molecule has 0 aromatic heterocycles. The van der Waals surface area contributed by atoms with E-state index in [9.17, 15) is 4.79 Å². The molecular weight excluding hydrogens is 384 g/mol. The highest BCUT2D eigenvalue weighted by Gasteiger charge is 2.37. The van der Waals surface area contributed by atoms with Gasteiger partial charge in [-0.2, -0.15) is 0 Å². The highest BCUT2D eigenvalue weighted by Crippen LogP contribution is 2.35. The van der Waals surface area contributed by atoms with Crippen molar-refractivity contribution in [3.8, 4) is 5.75 Å². The molecule has 1 aliphatic rings. The lowest BCUT2D eigenvalue weighted by molar-refractivity contribution is -0.124. The van der Waals surface area contributed by atoms with Crippen LogP contribution >= 0.6 is 11.6 Å². The molecule has 5 heteroatoms. The van der Waals surface area contributed by atoms with E-state index in [1.807, 2.05) is 0 Å². The number of halogens is 1. The van der Waals surface area contributed by atoms with E-state index in [1.54, 1.807) is 24.3 Å². The number of rotatable bonds is 7. The number of aryl methyl sites for hydroxylation is 1. The Kier molecular flexibility index (Phi) is 7.20. The van der Waals surface area contributed by atoms with Gasteiger partial charge in [0, 0.05) is 16.6 Å². The number of ether oxygens (including phenoxy) is 1. The average molecular weight is 415 g/mol. The summed E-state index contributed by atoms with van der Waals surface area (Å²) in [6.45, 7) is 2.15. The quantitative estimate of drug-likeness (QED) is 0.718. The van der Waals surface area contributed by atoms with Gasteiger partial charge in [-0.25, -0.2) is 0 Å². The summed E-state index contributed by atoms with van der Waals surface area (Å²) in [5.74, 6) is 0.582. The van der Waals surface area contributed by atoms with E-state index in [2.05, 4.69) is 55.5 Å². The van der Waals surface area contributed by atoms with Crippen LogP contribution in [0.2, 0.25) is 5.02 Å². The number of carbonyl (C=O) groups is 1. The molecule has 156 valence electrons. The molecule has 3 rings (SSSR count). The van der Waals surface area contributed by atoms with Crippen LogP contribution in [0, 0.1) is 6.92 Å². The Bertz CT molecular complexity index is 795. The van der Waals surface area contributed by atoms with E-state index in [-0.39, 0.29) is 24.1 Å². The monoisotopic (exact) mass is 414 g/mol. The second kappa shape index (κ2) is 9.64. The predicted octanol–water partition coefficient (Wildman–Crippen LogP) is 4.63. The van der Waals surface area contributed by atoms with E-state index >= 15 is 0 Å². The summed E-state index contributed by atoms with van der Waals surface area (Å²) in [4.78, 5) is 14.7. The lowest BCUT2D eigenvalue weighted by Crippen LogP contribution is -2.52. The summed E-state index contributed by atoms with van der Waals surface area (Å²) in [5, 5.41) is 3.79. The highest BCUT2D eigenvalue weighted by molar-refractivity contribution is 6.30. The first-order chi connectivity index (χ1) is 13.9. The van der Waals surface area contributed by atoms with Crippen LogP contribution < -0.4 is 10.1 Å². The molecule has 0 aliphatic heterocycles. The molecule has 2 aromatic rings. The number of hydrogen-bond donors (Lipinski definition) is 1. The third-order valence-corrected chi connectivity index (χ3v) is 6.32. The predicted molar refractivity (Wildman–Crippen MR) is 119 cm³/mol. The summed E-state index contributed by atoms with van der Waals surface area (Å²) < 4.78 is 5.55. The van der Waals surface area contributed by atoms with Crippen molar-refractivity contribution in [1.82, 2.24) is 10.2 Å². The number of hydrogen-bond acceptors (Lipinski definition) is 3. The summed E-state index contributed by atoms with van der Waals surface area (Å²) in [7, 11) is 4.35. The van der Waals surface area contributed by atoms with Crippen LogP contribution in [0.5, 0.6) is 5.75 Å². The molecular formula is C24H31ClN2O2. The Morgan fingerprint density at radius 1 is 1.10 bits per heavy atom. The Labute approximate surface area is 179 Å². The molecule has 0 radical (unpaired) electrons. The Morgan fingerprint density at radius 2 is 1.72 bits per heavy atom. The van der Waals surface area contributed by atoms with Gasteiger partial charge in [-0.15, -0.1) is 0 Å². The average Bonchev–Trinajstić information content (AvgIpc) is 2.71. The van der Waals surface area contributed by atoms with Crippen LogP contribution in [-0.4, -0.2) is 43.1 Å². The summed E-state index contributed by atoms with van der Waals surface area (Å²) in [5.41, 5.74) is 2.82. The zero-order valence-electron chi connectivity index (χ0n) is 17.6. The lowest BCUT2D eigenvalue weighted by atomic mass is 9.74. The van der Waals surface area contributed by atoms with Gasteiger partial charge in [0.25, 0.3) is 5.91 Å². The smallest absolute Gasteiger partial charge is 0.258 e. The number of likely N-dealkylation sites (N-methyl/N-ethyl adjacent to an activating group) is 1. The molecule has 1 N–H and O–H groups in total.